The van der Waals surface area contributed by atoms with Crippen LogP contribution in [0.4, 0.5) is 0 Å². The monoisotopic (exact) mass is 256 g/mol. The Hall–Kier alpha value is -1.10. The van der Waals surface area contributed by atoms with Gasteiger partial charge in [-0.1, -0.05) is 13.8 Å². The average Bonchev–Trinajstić information content (AvgIpc) is 2.88. The summed E-state index contributed by atoms with van der Waals surface area (Å²) in [6.45, 7) is 3.02. The summed E-state index contributed by atoms with van der Waals surface area (Å²) in [6, 6.07) is 0. The maximum absolute atomic E-state index is 11.7. The summed E-state index contributed by atoms with van der Waals surface area (Å²) in [5.41, 5.74) is 0. The van der Waals surface area contributed by atoms with E-state index in [1.54, 1.807) is 13.8 Å². The fourth-order valence-corrected chi connectivity index (χ4v) is 3.15. The molecule has 0 aromatic rings. The van der Waals surface area contributed by atoms with Gasteiger partial charge in [0.1, 0.15) is 6.10 Å². The Morgan fingerprint density at radius 2 is 2.00 bits per heavy atom. The van der Waals surface area contributed by atoms with Crippen LogP contribution in [-0.4, -0.2) is 29.9 Å². The Morgan fingerprint density at radius 1 is 1.28 bits per heavy atom. The summed E-state index contributed by atoms with van der Waals surface area (Å²) in [4.78, 5) is 23.3. The van der Waals surface area contributed by atoms with Crippen LogP contribution in [0.5, 0.6) is 0 Å². The predicted octanol–water partition coefficient (Wildman–Crippen LogP) is 1.09. The molecular formula is C13H20O5. The zero-order valence-corrected chi connectivity index (χ0v) is 10.8. The third kappa shape index (κ3) is 2.51. The second-order valence-corrected chi connectivity index (χ2v) is 5.57. The Kier molecular flexibility index (Phi) is 3.90. The fourth-order valence-electron chi connectivity index (χ4n) is 3.15. The third-order valence-corrected chi connectivity index (χ3v) is 4.00. The SMILES string of the molecule is CC(C)C(=O)OC1CC2CC(C(=O)OCO)C1C2. The number of hydrogen-bond donors (Lipinski definition) is 1. The lowest BCUT2D eigenvalue weighted by atomic mass is 9.86. The maximum atomic E-state index is 11.7. The summed E-state index contributed by atoms with van der Waals surface area (Å²) < 4.78 is 10.1. The molecule has 4 atom stereocenters. The molecule has 4 unspecified atom stereocenters. The van der Waals surface area contributed by atoms with E-state index in [2.05, 4.69) is 4.74 Å². The quantitative estimate of drug-likeness (QED) is 0.602. The van der Waals surface area contributed by atoms with Gasteiger partial charge in [-0.2, -0.15) is 0 Å². The highest BCUT2D eigenvalue weighted by Gasteiger charge is 2.51. The molecule has 18 heavy (non-hydrogen) atoms. The molecule has 0 aromatic heterocycles. The molecule has 5 nitrogen and oxygen atoms in total. The van der Waals surface area contributed by atoms with Crippen molar-refractivity contribution in [2.24, 2.45) is 23.7 Å². The standard InChI is InChI=1S/C13H20O5/c1-7(2)12(15)18-11-5-8-3-9(11)10(4-8)13(16)17-6-14/h7-11,14H,3-6H2,1-2H3. The molecule has 0 heterocycles. The van der Waals surface area contributed by atoms with Gasteiger partial charge in [0.15, 0.2) is 6.79 Å². The molecule has 2 aliphatic rings. The van der Waals surface area contributed by atoms with Crippen LogP contribution in [0.25, 0.3) is 0 Å². The van der Waals surface area contributed by atoms with Gasteiger partial charge in [0.25, 0.3) is 0 Å². The van der Waals surface area contributed by atoms with E-state index in [0.717, 1.165) is 19.3 Å². The van der Waals surface area contributed by atoms with E-state index in [1.165, 1.54) is 0 Å². The first kappa shape index (κ1) is 13.3. The van der Waals surface area contributed by atoms with Crippen LogP contribution in [0, 0.1) is 23.7 Å². The summed E-state index contributed by atoms with van der Waals surface area (Å²) in [5.74, 6) is -0.432. The van der Waals surface area contributed by atoms with E-state index in [4.69, 9.17) is 9.84 Å². The second-order valence-electron chi connectivity index (χ2n) is 5.57. The van der Waals surface area contributed by atoms with Crippen molar-refractivity contribution in [2.45, 2.75) is 39.2 Å². The van der Waals surface area contributed by atoms with Gasteiger partial charge in [0.2, 0.25) is 0 Å². The lowest BCUT2D eigenvalue weighted by molar-refractivity contribution is -0.167. The van der Waals surface area contributed by atoms with E-state index in [9.17, 15) is 9.59 Å². The van der Waals surface area contributed by atoms with Crippen LogP contribution in [0.15, 0.2) is 0 Å². The largest absolute Gasteiger partial charge is 0.462 e. The number of fused-ring (bicyclic) bond motifs is 2. The number of rotatable bonds is 4. The van der Waals surface area contributed by atoms with Crippen molar-refractivity contribution in [3.8, 4) is 0 Å². The van der Waals surface area contributed by atoms with E-state index >= 15 is 0 Å². The first-order chi connectivity index (χ1) is 8.52. The summed E-state index contributed by atoms with van der Waals surface area (Å²) in [5, 5.41) is 8.62. The second kappa shape index (κ2) is 5.26. The molecule has 0 saturated heterocycles. The number of aliphatic hydroxyl groups is 1. The van der Waals surface area contributed by atoms with Crippen LogP contribution in [0.2, 0.25) is 0 Å². The van der Waals surface area contributed by atoms with Gasteiger partial charge in [-0.25, -0.2) is 0 Å². The van der Waals surface area contributed by atoms with Crippen molar-refractivity contribution in [1.29, 1.82) is 0 Å². The summed E-state index contributed by atoms with van der Waals surface area (Å²) in [7, 11) is 0. The van der Waals surface area contributed by atoms with Crippen LogP contribution < -0.4 is 0 Å². The van der Waals surface area contributed by atoms with E-state index in [0.29, 0.717) is 5.92 Å². The Morgan fingerprint density at radius 3 is 2.56 bits per heavy atom. The topological polar surface area (TPSA) is 72.8 Å². The third-order valence-electron chi connectivity index (χ3n) is 4.00. The number of esters is 2. The van der Waals surface area contributed by atoms with Crippen molar-refractivity contribution >= 4 is 11.9 Å². The van der Waals surface area contributed by atoms with Crippen molar-refractivity contribution in [2.75, 3.05) is 6.79 Å². The number of ether oxygens (including phenoxy) is 2. The molecule has 2 rings (SSSR count). The maximum Gasteiger partial charge on any atom is 0.311 e. The van der Waals surface area contributed by atoms with Gasteiger partial charge in [-0.15, -0.1) is 0 Å². The number of hydrogen-bond acceptors (Lipinski definition) is 5. The van der Waals surface area contributed by atoms with Crippen LogP contribution in [-0.2, 0) is 19.1 Å². The van der Waals surface area contributed by atoms with Crippen molar-refractivity contribution in [3.05, 3.63) is 0 Å². The number of carbonyl (C=O) groups is 2. The molecule has 0 amide bonds. The minimum atomic E-state index is -0.580. The van der Waals surface area contributed by atoms with E-state index in [1.807, 2.05) is 0 Å². The molecule has 102 valence electrons. The molecule has 5 heteroatoms. The van der Waals surface area contributed by atoms with Gasteiger partial charge in [0.05, 0.1) is 11.8 Å². The summed E-state index contributed by atoms with van der Waals surface area (Å²) >= 11 is 0. The number of aliphatic hydroxyl groups excluding tert-OH is 1. The van der Waals surface area contributed by atoms with Gasteiger partial charge in [0, 0.05) is 5.92 Å². The van der Waals surface area contributed by atoms with E-state index < -0.39 is 6.79 Å². The molecule has 0 radical (unpaired) electrons. The van der Waals surface area contributed by atoms with Crippen LogP contribution >= 0.6 is 0 Å². The highest BCUT2D eigenvalue weighted by molar-refractivity contribution is 5.74. The van der Waals surface area contributed by atoms with Gasteiger partial charge >= 0.3 is 11.9 Å². The molecule has 2 fully saturated rings. The van der Waals surface area contributed by atoms with Gasteiger partial charge < -0.3 is 14.6 Å². The fraction of sp³-hybridized carbons (Fsp3) is 0.846. The Bertz CT molecular complexity index is 338. The molecule has 0 aliphatic heterocycles. The highest BCUT2D eigenvalue weighted by atomic mass is 16.6. The van der Waals surface area contributed by atoms with Crippen LogP contribution in [0.1, 0.15) is 33.1 Å². The Labute approximate surface area is 106 Å². The molecule has 2 aliphatic carbocycles. The smallest absolute Gasteiger partial charge is 0.311 e. The predicted molar refractivity (Wildman–Crippen MR) is 62.2 cm³/mol. The first-order valence-electron chi connectivity index (χ1n) is 6.51. The molecule has 0 aromatic carbocycles. The van der Waals surface area contributed by atoms with Crippen molar-refractivity contribution in [1.82, 2.24) is 0 Å². The summed E-state index contributed by atoms with van der Waals surface area (Å²) in [6.07, 6.45) is 2.40. The van der Waals surface area contributed by atoms with Gasteiger partial charge in [-0.05, 0) is 25.2 Å². The molecule has 2 saturated carbocycles. The minimum absolute atomic E-state index is 0.0664. The zero-order chi connectivity index (χ0) is 13.3. The normalized spacial score (nSPS) is 33.8. The first-order valence-corrected chi connectivity index (χ1v) is 6.51. The lowest BCUT2D eigenvalue weighted by Gasteiger charge is -2.28. The lowest BCUT2D eigenvalue weighted by Crippen LogP contribution is -2.35. The zero-order valence-electron chi connectivity index (χ0n) is 10.8. The Balaban J connectivity index is 1.96. The van der Waals surface area contributed by atoms with E-state index in [-0.39, 0.29) is 35.8 Å². The molecule has 0 spiro atoms. The molecular weight excluding hydrogens is 236 g/mol. The van der Waals surface area contributed by atoms with Crippen molar-refractivity contribution < 1.29 is 24.2 Å². The van der Waals surface area contributed by atoms with Gasteiger partial charge in [-0.3, -0.25) is 9.59 Å². The molecule has 1 N–H and O–H groups in total. The molecule has 2 bridgehead atoms. The van der Waals surface area contributed by atoms with Crippen molar-refractivity contribution in [3.63, 3.8) is 0 Å². The highest BCUT2D eigenvalue weighted by Crippen LogP contribution is 2.50. The number of carbonyl (C=O) groups excluding carboxylic acids is 2. The van der Waals surface area contributed by atoms with Crippen LogP contribution in [0.3, 0.4) is 0 Å². The average molecular weight is 256 g/mol. The minimum Gasteiger partial charge on any atom is -0.462 e.